The molecule has 1 atom stereocenters. The van der Waals surface area contributed by atoms with Gasteiger partial charge in [-0.15, -0.1) is 0 Å². The van der Waals surface area contributed by atoms with E-state index in [9.17, 15) is 8.42 Å². The molecule has 1 aromatic rings. The van der Waals surface area contributed by atoms with Crippen molar-refractivity contribution < 1.29 is 12.8 Å². The molecule has 1 N–H and O–H groups in total. The van der Waals surface area contributed by atoms with Crippen LogP contribution in [0.1, 0.15) is 18.6 Å². The van der Waals surface area contributed by atoms with E-state index >= 15 is 0 Å². The van der Waals surface area contributed by atoms with Crippen LogP contribution in [-0.4, -0.2) is 57.9 Å². The van der Waals surface area contributed by atoms with Crippen LogP contribution >= 0.6 is 0 Å². The van der Waals surface area contributed by atoms with Crippen molar-refractivity contribution in [3.63, 3.8) is 0 Å². The smallest absolute Gasteiger partial charge is 0.275 e. The minimum atomic E-state index is -3.48. The fraction of sp³-hybridized carbons (Fsp3) is 0.692. The van der Waals surface area contributed by atoms with Crippen molar-refractivity contribution in [2.45, 2.75) is 30.5 Å². The minimum absolute atomic E-state index is 0.0000576. The standard InChI is InChI=1S/C13H23N3O3S/c1-15(2)20(17,18)13-7-6-12(19-13)9-14-11-5-4-8-16(3)10-11/h6-7,11,14H,4-5,8-10H2,1-3H3. The Morgan fingerprint density at radius 1 is 1.45 bits per heavy atom. The second kappa shape index (κ2) is 6.26. The summed E-state index contributed by atoms with van der Waals surface area (Å²) >= 11 is 0. The molecule has 114 valence electrons. The molecule has 1 saturated heterocycles. The topological polar surface area (TPSA) is 65.8 Å². The van der Waals surface area contributed by atoms with E-state index in [1.54, 1.807) is 6.07 Å². The summed E-state index contributed by atoms with van der Waals surface area (Å²) in [5, 5.41) is 3.42. The van der Waals surface area contributed by atoms with Crippen LogP contribution in [0.3, 0.4) is 0 Å². The lowest BCUT2D eigenvalue weighted by Gasteiger charge is -2.30. The zero-order valence-electron chi connectivity index (χ0n) is 12.3. The first-order chi connectivity index (χ1) is 9.39. The Balaban J connectivity index is 1.93. The average Bonchev–Trinajstić information content (AvgIpc) is 2.85. The summed E-state index contributed by atoms with van der Waals surface area (Å²) in [7, 11) is 1.62. The summed E-state index contributed by atoms with van der Waals surface area (Å²) in [6, 6.07) is 3.67. The summed E-state index contributed by atoms with van der Waals surface area (Å²) in [4.78, 5) is 2.30. The molecule has 2 heterocycles. The summed E-state index contributed by atoms with van der Waals surface area (Å²) in [6.45, 7) is 2.72. The van der Waals surface area contributed by atoms with E-state index in [2.05, 4.69) is 17.3 Å². The number of piperidine rings is 1. The molecule has 0 amide bonds. The molecule has 0 radical (unpaired) electrons. The highest BCUT2D eigenvalue weighted by molar-refractivity contribution is 7.88. The van der Waals surface area contributed by atoms with Crippen molar-refractivity contribution in [3.05, 3.63) is 17.9 Å². The van der Waals surface area contributed by atoms with Crippen LogP contribution in [-0.2, 0) is 16.6 Å². The molecule has 20 heavy (non-hydrogen) atoms. The molecule has 0 spiro atoms. The van der Waals surface area contributed by atoms with E-state index < -0.39 is 10.0 Å². The third-order valence-corrected chi connectivity index (χ3v) is 5.25. The number of likely N-dealkylation sites (tertiary alicyclic amines) is 1. The second-order valence-corrected chi connectivity index (χ2v) is 7.57. The van der Waals surface area contributed by atoms with Gasteiger partial charge in [0.2, 0.25) is 5.09 Å². The predicted molar refractivity (Wildman–Crippen MR) is 76.9 cm³/mol. The van der Waals surface area contributed by atoms with Gasteiger partial charge >= 0.3 is 0 Å². The first kappa shape index (κ1) is 15.5. The maximum atomic E-state index is 11.9. The van der Waals surface area contributed by atoms with Crippen LogP contribution in [0.4, 0.5) is 0 Å². The number of furan rings is 1. The maximum Gasteiger partial charge on any atom is 0.275 e. The predicted octanol–water partition coefficient (Wildman–Crippen LogP) is 0.714. The van der Waals surface area contributed by atoms with E-state index in [-0.39, 0.29) is 5.09 Å². The average molecular weight is 301 g/mol. The Hall–Kier alpha value is -0.890. The molecule has 1 aliphatic rings. The number of hydrogen-bond donors (Lipinski definition) is 1. The summed E-state index contributed by atoms with van der Waals surface area (Å²) in [5.41, 5.74) is 0. The highest BCUT2D eigenvalue weighted by Gasteiger charge is 2.22. The van der Waals surface area contributed by atoms with Crippen molar-refractivity contribution in [2.75, 3.05) is 34.2 Å². The van der Waals surface area contributed by atoms with Gasteiger partial charge in [-0.05, 0) is 38.6 Å². The van der Waals surface area contributed by atoms with Gasteiger partial charge in [-0.3, -0.25) is 0 Å². The molecule has 6 nitrogen and oxygen atoms in total. The van der Waals surface area contributed by atoms with Gasteiger partial charge in [-0.25, -0.2) is 12.7 Å². The van der Waals surface area contributed by atoms with Gasteiger partial charge in [-0.1, -0.05) is 0 Å². The molecule has 1 fully saturated rings. The third-order valence-electron chi connectivity index (χ3n) is 3.56. The van der Waals surface area contributed by atoms with Crippen molar-refractivity contribution in [1.82, 2.24) is 14.5 Å². The lowest BCUT2D eigenvalue weighted by atomic mass is 10.1. The highest BCUT2D eigenvalue weighted by Crippen LogP contribution is 2.17. The van der Waals surface area contributed by atoms with Gasteiger partial charge in [0.1, 0.15) is 5.76 Å². The number of sulfonamides is 1. The monoisotopic (exact) mass is 301 g/mol. The molecule has 1 unspecified atom stereocenters. The first-order valence-corrected chi connectivity index (χ1v) is 8.27. The molecule has 0 aromatic carbocycles. The van der Waals surface area contributed by atoms with Gasteiger partial charge in [0.25, 0.3) is 10.0 Å². The fourth-order valence-electron chi connectivity index (χ4n) is 2.35. The lowest BCUT2D eigenvalue weighted by molar-refractivity contribution is 0.223. The molecule has 7 heteroatoms. The van der Waals surface area contributed by atoms with Crippen LogP contribution in [0.15, 0.2) is 21.6 Å². The van der Waals surface area contributed by atoms with Crippen molar-refractivity contribution >= 4 is 10.0 Å². The number of likely N-dealkylation sites (N-methyl/N-ethyl adjacent to an activating group) is 1. The summed E-state index contributed by atoms with van der Waals surface area (Å²) in [5.74, 6) is 0.652. The van der Waals surface area contributed by atoms with Gasteiger partial charge in [0, 0.05) is 26.7 Å². The number of rotatable bonds is 5. The summed E-state index contributed by atoms with van der Waals surface area (Å²) in [6.07, 6.45) is 2.33. The van der Waals surface area contributed by atoms with Crippen molar-refractivity contribution in [2.24, 2.45) is 0 Å². The van der Waals surface area contributed by atoms with E-state index in [1.807, 2.05) is 0 Å². The largest absolute Gasteiger partial charge is 0.447 e. The summed E-state index contributed by atoms with van der Waals surface area (Å²) < 4.78 is 30.4. The quantitative estimate of drug-likeness (QED) is 0.868. The lowest BCUT2D eigenvalue weighted by Crippen LogP contribution is -2.43. The zero-order chi connectivity index (χ0) is 14.8. The molecule has 1 aromatic heterocycles. The highest BCUT2D eigenvalue weighted by atomic mass is 32.2. The Morgan fingerprint density at radius 2 is 2.20 bits per heavy atom. The van der Waals surface area contributed by atoms with Crippen LogP contribution in [0.2, 0.25) is 0 Å². The molecule has 0 aliphatic carbocycles. The fourth-order valence-corrected chi connectivity index (χ4v) is 3.16. The number of nitrogens with zero attached hydrogens (tertiary/aromatic N) is 2. The van der Waals surface area contributed by atoms with Gasteiger partial charge in [0.15, 0.2) is 0 Å². The third kappa shape index (κ3) is 3.60. The normalized spacial score (nSPS) is 21.5. The molecular weight excluding hydrogens is 278 g/mol. The van der Waals surface area contributed by atoms with Crippen molar-refractivity contribution in [1.29, 1.82) is 0 Å². The Labute approximate surface area is 120 Å². The zero-order valence-corrected chi connectivity index (χ0v) is 13.1. The van der Waals surface area contributed by atoms with Crippen LogP contribution in [0.25, 0.3) is 0 Å². The van der Waals surface area contributed by atoms with Crippen LogP contribution in [0.5, 0.6) is 0 Å². The maximum absolute atomic E-state index is 11.9. The Kier molecular flexibility index (Phi) is 4.85. The second-order valence-electron chi connectivity index (χ2n) is 5.49. The van der Waals surface area contributed by atoms with E-state index in [4.69, 9.17) is 4.42 Å². The first-order valence-electron chi connectivity index (χ1n) is 6.83. The van der Waals surface area contributed by atoms with Gasteiger partial charge in [0.05, 0.1) is 6.54 Å². The van der Waals surface area contributed by atoms with Crippen LogP contribution in [0, 0.1) is 0 Å². The molecule has 0 bridgehead atoms. The molecule has 0 saturated carbocycles. The van der Waals surface area contributed by atoms with Crippen LogP contribution < -0.4 is 5.32 Å². The van der Waals surface area contributed by atoms with E-state index in [1.165, 1.54) is 26.6 Å². The van der Waals surface area contributed by atoms with Gasteiger partial charge < -0.3 is 14.6 Å². The Morgan fingerprint density at radius 3 is 2.85 bits per heavy atom. The number of nitrogens with one attached hydrogen (secondary N) is 1. The minimum Gasteiger partial charge on any atom is -0.447 e. The van der Waals surface area contributed by atoms with Gasteiger partial charge in [-0.2, -0.15) is 0 Å². The Bertz CT molecular complexity index is 539. The SMILES string of the molecule is CN1CCCC(NCc2ccc(S(=O)(=O)N(C)C)o2)C1. The van der Waals surface area contributed by atoms with E-state index in [0.29, 0.717) is 18.3 Å². The van der Waals surface area contributed by atoms with Crippen molar-refractivity contribution in [3.8, 4) is 0 Å². The molecule has 2 rings (SSSR count). The molecule has 1 aliphatic heterocycles. The molecular formula is C13H23N3O3S. The number of hydrogen-bond acceptors (Lipinski definition) is 5. The van der Waals surface area contributed by atoms with E-state index in [0.717, 1.165) is 23.8 Å².